The summed E-state index contributed by atoms with van der Waals surface area (Å²) in [6, 6.07) is 0. The van der Waals surface area contributed by atoms with Crippen molar-refractivity contribution in [1.82, 2.24) is 0 Å². The van der Waals surface area contributed by atoms with Gasteiger partial charge in [-0.15, -0.1) is 11.8 Å². The van der Waals surface area contributed by atoms with Gasteiger partial charge in [-0.1, -0.05) is 11.8 Å². The lowest BCUT2D eigenvalue weighted by atomic mass is 9.53. The van der Waals surface area contributed by atoms with E-state index in [0.717, 1.165) is 12.8 Å². The van der Waals surface area contributed by atoms with Crippen LogP contribution in [0.5, 0.6) is 0 Å². The summed E-state index contributed by atoms with van der Waals surface area (Å²) in [4.78, 5) is 24.5. The number of halogens is 2. The van der Waals surface area contributed by atoms with E-state index >= 15 is 0 Å². The van der Waals surface area contributed by atoms with Crippen LogP contribution in [0.25, 0.3) is 0 Å². The zero-order valence-electron chi connectivity index (χ0n) is 18.5. The highest BCUT2D eigenvalue weighted by atomic mass is 32.2. The summed E-state index contributed by atoms with van der Waals surface area (Å²) in [7, 11) is -5.93. The van der Waals surface area contributed by atoms with Crippen LogP contribution in [0.3, 0.4) is 0 Å². The Bertz CT molecular complexity index is 974. The van der Waals surface area contributed by atoms with E-state index in [1.807, 2.05) is 6.92 Å². The Morgan fingerprint density at radius 2 is 1.91 bits per heavy atom. The van der Waals surface area contributed by atoms with Gasteiger partial charge in [-0.25, -0.2) is 9.59 Å². The summed E-state index contributed by atoms with van der Waals surface area (Å²) in [6.07, 6.45) is 1.29. The second kappa shape index (κ2) is 8.17. The Labute approximate surface area is 204 Å². The van der Waals surface area contributed by atoms with Crippen LogP contribution < -0.4 is 0 Å². The van der Waals surface area contributed by atoms with Crippen molar-refractivity contribution in [3.63, 3.8) is 0 Å². The monoisotopic (exact) mass is 544 g/mol. The molecule has 192 valence electrons. The van der Waals surface area contributed by atoms with Crippen molar-refractivity contribution in [3.8, 4) is 0 Å². The van der Waals surface area contributed by atoms with E-state index < -0.39 is 50.7 Å². The van der Waals surface area contributed by atoms with E-state index in [-0.39, 0.29) is 27.1 Å². The van der Waals surface area contributed by atoms with Gasteiger partial charge in [0.25, 0.3) is 0 Å². The van der Waals surface area contributed by atoms with Gasteiger partial charge in [0.15, 0.2) is 17.8 Å². The maximum Gasteiger partial charge on any atom is 0.465 e. The molecule has 4 bridgehead atoms. The maximum absolute atomic E-state index is 13.9. The molecule has 6 fully saturated rings. The third kappa shape index (κ3) is 3.78. The van der Waals surface area contributed by atoms with Gasteiger partial charge in [0, 0.05) is 6.61 Å². The molecule has 14 heteroatoms. The minimum atomic E-state index is -5.93. The van der Waals surface area contributed by atoms with E-state index in [0.29, 0.717) is 25.9 Å². The number of ether oxygens (including phenoxy) is 4. The van der Waals surface area contributed by atoms with Crippen LogP contribution in [0, 0.1) is 17.8 Å². The molecule has 6 atom stereocenters. The van der Waals surface area contributed by atoms with E-state index in [9.17, 15) is 26.8 Å². The van der Waals surface area contributed by atoms with Crippen LogP contribution in [-0.2, 0) is 38.7 Å². The summed E-state index contributed by atoms with van der Waals surface area (Å²) < 4.78 is 80.3. The standard InChI is InChI=1S/C20H26F2O9S3/c1-3-28-9(2)29-13-14-16(30-15(13)23)33-19(32-14)11-4-10-5-12(19)8-18(6-10,7-11)31-17(24)20(21,22)34(25,26)27/h9-14,16H,3-8H2,1-2H3,(H,25,26,27). The Morgan fingerprint density at radius 3 is 2.50 bits per heavy atom. The largest absolute Gasteiger partial charge is 0.465 e. The number of thioether (sulfide) groups is 2. The van der Waals surface area contributed by atoms with Crippen molar-refractivity contribution in [2.75, 3.05) is 6.61 Å². The molecule has 2 aliphatic heterocycles. The zero-order valence-corrected chi connectivity index (χ0v) is 20.9. The van der Waals surface area contributed by atoms with Crippen LogP contribution in [0.15, 0.2) is 0 Å². The SMILES string of the molecule is CCOC(C)OC1C(=O)OC2SC3(SC21)C1CC2CC3CC(OC(=O)C(F)(F)S(=O)(=O)O)(C2)C1. The van der Waals surface area contributed by atoms with Gasteiger partial charge in [0.1, 0.15) is 5.60 Å². The minimum Gasteiger partial charge on any atom is -0.454 e. The molecular weight excluding hydrogens is 518 g/mol. The van der Waals surface area contributed by atoms with Gasteiger partial charge in [-0.2, -0.15) is 17.2 Å². The first-order valence-corrected chi connectivity index (χ1v) is 14.4. The number of esters is 2. The molecule has 34 heavy (non-hydrogen) atoms. The van der Waals surface area contributed by atoms with Crippen molar-refractivity contribution in [2.45, 2.75) is 84.0 Å². The average Bonchev–Trinajstić information content (AvgIpc) is 3.21. The zero-order chi connectivity index (χ0) is 24.7. The second-order valence-electron chi connectivity index (χ2n) is 9.71. The molecule has 6 unspecified atom stereocenters. The molecule has 9 nitrogen and oxygen atoms in total. The van der Waals surface area contributed by atoms with Gasteiger partial charge < -0.3 is 18.9 Å². The quantitative estimate of drug-likeness (QED) is 0.289. The molecule has 2 saturated heterocycles. The molecule has 0 radical (unpaired) electrons. The Morgan fingerprint density at radius 1 is 1.26 bits per heavy atom. The number of carbonyl (C=O) groups is 2. The van der Waals surface area contributed by atoms with Gasteiger partial charge >= 0.3 is 27.3 Å². The van der Waals surface area contributed by atoms with Gasteiger partial charge in [0.2, 0.25) is 0 Å². The predicted octanol–water partition coefficient (Wildman–Crippen LogP) is 2.78. The van der Waals surface area contributed by atoms with Gasteiger partial charge in [0.05, 0.1) is 9.33 Å². The maximum atomic E-state index is 13.9. The third-order valence-electron chi connectivity index (χ3n) is 7.53. The molecule has 4 saturated carbocycles. The van der Waals surface area contributed by atoms with Crippen LogP contribution in [-0.4, -0.2) is 69.5 Å². The molecule has 0 aromatic rings. The lowest BCUT2D eigenvalue weighted by molar-refractivity contribution is -0.202. The second-order valence-corrected chi connectivity index (χ2v) is 14.3. The molecule has 1 spiro atoms. The van der Waals surface area contributed by atoms with Crippen LogP contribution >= 0.6 is 23.5 Å². The summed E-state index contributed by atoms with van der Waals surface area (Å²) in [6.45, 7) is 3.98. The number of rotatable bonds is 7. The summed E-state index contributed by atoms with van der Waals surface area (Å²) >= 11 is 3.20. The highest BCUT2D eigenvalue weighted by molar-refractivity contribution is 8.22. The van der Waals surface area contributed by atoms with Gasteiger partial charge in [-0.3, -0.25) is 4.55 Å². The molecule has 2 heterocycles. The Kier molecular flexibility index (Phi) is 6.01. The fourth-order valence-corrected chi connectivity index (χ4v) is 11.1. The van der Waals surface area contributed by atoms with Crippen molar-refractivity contribution in [2.24, 2.45) is 17.8 Å². The molecule has 6 aliphatic rings. The highest BCUT2D eigenvalue weighted by Gasteiger charge is 2.71. The first-order chi connectivity index (χ1) is 15.8. The van der Waals surface area contributed by atoms with Gasteiger partial charge in [-0.05, 0) is 63.7 Å². The molecule has 0 aromatic heterocycles. The molecular formula is C20H26F2O9S3. The summed E-state index contributed by atoms with van der Waals surface area (Å²) in [5.74, 6) is -2.52. The van der Waals surface area contributed by atoms with E-state index in [1.165, 1.54) is 0 Å². The smallest absolute Gasteiger partial charge is 0.454 e. The van der Waals surface area contributed by atoms with Crippen LogP contribution in [0.1, 0.15) is 46.0 Å². The molecule has 0 aromatic carbocycles. The van der Waals surface area contributed by atoms with Crippen LogP contribution in [0.2, 0.25) is 0 Å². The summed E-state index contributed by atoms with van der Waals surface area (Å²) in [5.41, 5.74) is -1.60. The number of carbonyl (C=O) groups excluding carboxylic acids is 2. The lowest BCUT2D eigenvalue weighted by Crippen LogP contribution is -2.62. The molecule has 0 amide bonds. The Balaban J connectivity index is 1.34. The fraction of sp³-hybridized carbons (Fsp3) is 0.900. The van der Waals surface area contributed by atoms with Crippen molar-refractivity contribution < 1.29 is 50.3 Å². The van der Waals surface area contributed by atoms with E-state index in [1.54, 1.807) is 30.4 Å². The fourth-order valence-electron chi connectivity index (χ4n) is 6.50. The molecule has 4 aliphatic carbocycles. The van der Waals surface area contributed by atoms with E-state index in [2.05, 4.69) is 0 Å². The number of fused-ring (bicyclic) bond motifs is 1. The van der Waals surface area contributed by atoms with Crippen molar-refractivity contribution in [3.05, 3.63) is 0 Å². The minimum absolute atomic E-state index is 0.00447. The normalized spacial score (nSPS) is 43.7. The molecule has 6 rings (SSSR count). The highest BCUT2D eigenvalue weighted by Crippen LogP contribution is 2.74. The van der Waals surface area contributed by atoms with Crippen molar-refractivity contribution >= 4 is 45.6 Å². The lowest BCUT2D eigenvalue weighted by Gasteiger charge is -2.63. The summed E-state index contributed by atoms with van der Waals surface area (Å²) in [5, 5.41) is -5.27. The topological polar surface area (TPSA) is 125 Å². The van der Waals surface area contributed by atoms with E-state index in [4.69, 9.17) is 23.5 Å². The molecule has 1 N–H and O–H groups in total. The number of alkyl halides is 2. The average molecular weight is 545 g/mol. The van der Waals surface area contributed by atoms with Crippen molar-refractivity contribution in [1.29, 1.82) is 0 Å². The van der Waals surface area contributed by atoms with Crippen LogP contribution in [0.4, 0.5) is 8.78 Å². The first-order valence-electron chi connectivity index (χ1n) is 11.2. The number of hydrogen-bond acceptors (Lipinski definition) is 10. The number of hydrogen-bond donors (Lipinski definition) is 1. The third-order valence-corrected chi connectivity index (χ3v) is 12.6. The predicted molar refractivity (Wildman–Crippen MR) is 116 cm³/mol. The first kappa shape index (κ1) is 25.0. The Hall–Kier alpha value is -0.670.